The van der Waals surface area contributed by atoms with Gasteiger partial charge in [0.25, 0.3) is 15.6 Å². The number of guanidine groups is 1. The summed E-state index contributed by atoms with van der Waals surface area (Å²) in [6.45, 7) is 1.40. The summed E-state index contributed by atoms with van der Waals surface area (Å²) in [5.74, 6) is -4.69. The molecule has 0 aliphatic rings. The number of sulfonamides is 1. The number of oxime groups is 1. The highest BCUT2D eigenvalue weighted by Gasteiger charge is 2.38. The Morgan fingerprint density at radius 3 is 2.27 bits per heavy atom. The van der Waals surface area contributed by atoms with Crippen LogP contribution in [0.3, 0.4) is 0 Å². The van der Waals surface area contributed by atoms with Gasteiger partial charge in [-0.1, -0.05) is 6.07 Å². The Kier molecular flexibility index (Phi) is 10.4. The van der Waals surface area contributed by atoms with Crippen molar-refractivity contribution in [2.45, 2.75) is 30.5 Å². The van der Waals surface area contributed by atoms with Crippen LogP contribution in [0.2, 0.25) is 0 Å². The summed E-state index contributed by atoms with van der Waals surface area (Å²) in [4.78, 5) is 38.2. The number of primary amides is 1. The Morgan fingerprint density at radius 2 is 1.78 bits per heavy atom. The highest BCUT2D eigenvalue weighted by atomic mass is 32.2. The van der Waals surface area contributed by atoms with Crippen LogP contribution >= 0.6 is 0 Å². The lowest BCUT2D eigenvalue weighted by molar-refractivity contribution is -0.192. The molecule has 0 fully saturated rings. The molecule has 0 bridgehead atoms. The third-order valence-corrected chi connectivity index (χ3v) is 5.57. The number of pyridine rings is 1. The molecule has 1 amide bonds. The number of aromatic nitrogens is 1. The number of alkyl halides is 3. The first-order valence-electron chi connectivity index (χ1n) is 9.78. The smallest absolute Gasteiger partial charge is 0.475 e. The van der Waals surface area contributed by atoms with Crippen molar-refractivity contribution in [3.8, 4) is 0 Å². The fourth-order valence-electron chi connectivity index (χ4n) is 2.63. The number of carboxylic acid groups (broad SMARTS) is 1. The largest absolute Gasteiger partial charge is 0.490 e. The first-order chi connectivity index (χ1) is 17.0. The molecule has 8 N–H and O–H groups in total. The Hall–Kier alpha value is -4.35. The van der Waals surface area contributed by atoms with Crippen molar-refractivity contribution in [2.24, 2.45) is 22.4 Å². The average Bonchev–Trinajstić information content (AvgIpc) is 2.76. The van der Waals surface area contributed by atoms with Gasteiger partial charge >= 0.3 is 12.1 Å². The Morgan fingerprint density at radius 1 is 1.19 bits per heavy atom. The number of hydrogen-bond acceptors (Lipinski definition) is 7. The summed E-state index contributed by atoms with van der Waals surface area (Å²) < 4.78 is 73.3. The molecule has 0 saturated carbocycles. The minimum absolute atomic E-state index is 0.0625. The number of rotatable bonds is 9. The van der Waals surface area contributed by atoms with Crippen molar-refractivity contribution in [3.63, 3.8) is 0 Å². The second-order valence-corrected chi connectivity index (χ2v) is 8.67. The number of aliphatic carboxylic acids is 1. The van der Waals surface area contributed by atoms with Gasteiger partial charge in [-0.2, -0.15) is 13.2 Å². The molecule has 13 nitrogen and oxygen atoms in total. The second kappa shape index (κ2) is 12.6. The Bertz CT molecular complexity index is 1320. The molecule has 0 radical (unpaired) electrons. The standard InChI is InChI=1S/C17H21FN6O5S.C2HF3O2/c1-10-5-6-13(23-30(27,28)12-4-2-3-11(18)9-12)16(26)24(10)14(15(19)25)7-8-29-22-17(20)21;3-2(4,5)1(6)7/h2-6,9,14,23H,7-8H2,1H3,(H2,19,25)(H4,20,21,22);(H,6,7). The Balaban J connectivity index is 0.000000856. The molecule has 0 aliphatic heterocycles. The number of nitrogens with two attached hydrogens (primary N) is 3. The normalized spacial score (nSPS) is 11.9. The quantitative estimate of drug-likeness (QED) is 0.0947. The zero-order chi connectivity index (χ0) is 28.6. The number of nitrogens with zero attached hydrogens (tertiary/aromatic N) is 2. The summed E-state index contributed by atoms with van der Waals surface area (Å²) in [6.07, 6.45) is -5.15. The first-order valence-corrected chi connectivity index (χ1v) is 11.3. The lowest BCUT2D eigenvalue weighted by Crippen LogP contribution is -2.37. The molecule has 1 aromatic heterocycles. The van der Waals surface area contributed by atoms with Gasteiger partial charge in [-0.3, -0.25) is 18.9 Å². The van der Waals surface area contributed by atoms with Gasteiger partial charge in [0.05, 0.1) is 4.90 Å². The van der Waals surface area contributed by atoms with E-state index in [1.54, 1.807) is 6.92 Å². The zero-order valence-corrected chi connectivity index (χ0v) is 19.7. The number of anilines is 1. The third-order valence-electron chi connectivity index (χ3n) is 4.21. The van der Waals surface area contributed by atoms with Crippen LogP contribution in [0.1, 0.15) is 18.2 Å². The molecule has 1 aromatic carbocycles. The van der Waals surface area contributed by atoms with Gasteiger partial charge in [-0.15, -0.1) is 0 Å². The number of nitrogens with one attached hydrogen (secondary N) is 1. The first kappa shape index (κ1) is 30.7. The van der Waals surface area contributed by atoms with E-state index in [-0.39, 0.29) is 29.6 Å². The Labute approximate surface area is 206 Å². The van der Waals surface area contributed by atoms with Crippen LogP contribution in [0.5, 0.6) is 0 Å². The molecule has 2 rings (SSSR count). The molecular formula is C19H22F4N6O7S. The fourth-order valence-corrected chi connectivity index (χ4v) is 3.72. The number of hydrogen-bond donors (Lipinski definition) is 5. The predicted octanol–water partition coefficient (Wildman–Crippen LogP) is 0.351. The summed E-state index contributed by atoms with van der Waals surface area (Å²) in [5, 5.41) is 10.4. The molecule has 1 atom stereocenters. The maximum absolute atomic E-state index is 13.4. The molecule has 37 heavy (non-hydrogen) atoms. The van der Waals surface area contributed by atoms with E-state index in [4.69, 9.17) is 31.9 Å². The molecule has 1 heterocycles. The predicted molar refractivity (Wildman–Crippen MR) is 121 cm³/mol. The van der Waals surface area contributed by atoms with Gasteiger partial charge in [0, 0.05) is 12.1 Å². The molecule has 0 spiro atoms. The molecule has 0 saturated heterocycles. The van der Waals surface area contributed by atoms with Crippen molar-refractivity contribution in [1.82, 2.24) is 4.57 Å². The maximum atomic E-state index is 13.4. The summed E-state index contributed by atoms with van der Waals surface area (Å²) in [5.41, 5.74) is 14.9. The number of carbonyl (C=O) groups is 2. The van der Waals surface area contributed by atoms with Gasteiger partial charge in [0.15, 0.2) is 0 Å². The van der Waals surface area contributed by atoms with Gasteiger partial charge in [-0.25, -0.2) is 17.6 Å². The third kappa shape index (κ3) is 9.32. The van der Waals surface area contributed by atoms with E-state index in [2.05, 4.69) is 9.88 Å². The highest BCUT2D eigenvalue weighted by Crippen LogP contribution is 2.18. The van der Waals surface area contributed by atoms with Crippen LogP contribution in [-0.2, 0) is 24.4 Å². The van der Waals surface area contributed by atoms with Crippen LogP contribution in [0, 0.1) is 12.7 Å². The van der Waals surface area contributed by atoms with Gasteiger partial charge in [-0.05, 0) is 42.4 Å². The molecule has 2 aromatic rings. The van der Waals surface area contributed by atoms with Crippen molar-refractivity contribution >= 4 is 33.5 Å². The lowest BCUT2D eigenvalue weighted by atomic mass is 10.1. The topological polar surface area (TPSA) is 222 Å². The number of amides is 1. The fraction of sp³-hybridized carbons (Fsp3) is 0.263. The lowest BCUT2D eigenvalue weighted by Gasteiger charge is -2.20. The van der Waals surface area contributed by atoms with Crippen molar-refractivity contribution in [1.29, 1.82) is 0 Å². The van der Waals surface area contributed by atoms with E-state index in [9.17, 15) is 35.6 Å². The highest BCUT2D eigenvalue weighted by molar-refractivity contribution is 7.92. The monoisotopic (exact) mass is 554 g/mol. The van der Waals surface area contributed by atoms with Crippen molar-refractivity contribution < 1.29 is 45.5 Å². The van der Waals surface area contributed by atoms with E-state index in [0.29, 0.717) is 5.69 Å². The second-order valence-electron chi connectivity index (χ2n) is 6.99. The molecule has 0 aliphatic carbocycles. The minimum Gasteiger partial charge on any atom is -0.475 e. The van der Waals surface area contributed by atoms with E-state index in [1.807, 2.05) is 0 Å². The van der Waals surface area contributed by atoms with Crippen LogP contribution in [0.15, 0.2) is 51.2 Å². The van der Waals surface area contributed by atoms with E-state index < -0.39 is 45.5 Å². The number of carbonyl (C=O) groups excluding carboxylic acids is 1. The molecular weight excluding hydrogens is 532 g/mol. The van der Waals surface area contributed by atoms with Gasteiger partial charge in [0.2, 0.25) is 11.9 Å². The van der Waals surface area contributed by atoms with E-state index >= 15 is 0 Å². The zero-order valence-electron chi connectivity index (χ0n) is 18.9. The number of benzene rings is 1. The minimum atomic E-state index is -5.08. The van der Waals surface area contributed by atoms with Crippen LogP contribution in [0.25, 0.3) is 0 Å². The SMILES string of the molecule is Cc1ccc(NS(=O)(=O)c2cccc(F)c2)c(=O)n1C(CCON=C(N)N)C(N)=O.O=C(O)C(F)(F)F. The van der Waals surface area contributed by atoms with Crippen LogP contribution in [0.4, 0.5) is 23.2 Å². The summed E-state index contributed by atoms with van der Waals surface area (Å²) >= 11 is 0. The van der Waals surface area contributed by atoms with Crippen LogP contribution < -0.4 is 27.5 Å². The van der Waals surface area contributed by atoms with Crippen molar-refractivity contribution in [3.05, 3.63) is 58.3 Å². The summed E-state index contributed by atoms with van der Waals surface area (Å²) in [6, 6.07) is 5.78. The van der Waals surface area contributed by atoms with E-state index in [0.717, 1.165) is 16.7 Å². The maximum Gasteiger partial charge on any atom is 0.490 e. The molecule has 204 valence electrons. The molecule has 18 heteroatoms. The van der Waals surface area contributed by atoms with Gasteiger partial charge in [0.1, 0.15) is 24.2 Å². The molecule has 1 unspecified atom stereocenters. The van der Waals surface area contributed by atoms with Crippen LogP contribution in [-0.4, -0.2) is 48.7 Å². The number of carboxylic acids is 1. The summed E-state index contributed by atoms with van der Waals surface area (Å²) in [7, 11) is -4.25. The number of halogens is 4. The number of aryl methyl sites for hydroxylation is 1. The van der Waals surface area contributed by atoms with E-state index in [1.165, 1.54) is 24.3 Å². The average molecular weight is 554 g/mol. The van der Waals surface area contributed by atoms with Gasteiger partial charge < -0.3 is 27.1 Å². The van der Waals surface area contributed by atoms with Crippen molar-refractivity contribution in [2.75, 3.05) is 11.3 Å².